The van der Waals surface area contributed by atoms with Crippen molar-refractivity contribution in [1.82, 2.24) is 4.90 Å². The van der Waals surface area contributed by atoms with Crippen LogP contribution in [-0.2, 0) is 9.59 Å². The summed E-state index contributed by atoms with van der Waals surface area (Å²) < 4.78 is 0. The highest BCUT2D eigenvalue weighted by Crippen LogP contribution is 2.43. The normalized spacial score (nSPS) is 32.2. The minimum absolute atomic E-state index is 0.251. The molecule has 0 aromatic carbocycles. The average Bonchev–Trinajstić information content (AvgIpc) is 2.43. The fraction of sp³-hybridized carbons (Fsp3) is 0.818. The highest BCUT2D eigenvalue weighted by Gasteiger charge is 2.54. The molecule has 0 aromatic heterocycles. The van der Waals surface area contributed by atoms with Gasteiger partial charge in [-0.2, -0.15) is 0 Å². The van der Waals surface area contributed by atoms with Crippen LogP contribution >= 0.6 is 0 Å². The number of β-amino-alcohol motifs (C(OH)–C–C–N with tert-alkyl or cyclic N) is 1. The smallest absolute Gasteiger partial charge is 0.319 e. The first-order chi connectivity index (χ1) is 7.37. The van der Waals surface area contributed by atoms with Crippen LogP contribution in [0.1, 0.15) is 32.6 Å². The van der Waals surface area contributed by atoms with Crippen LogP contribution in [0.3, 0.4) is 0 Å². The van der Waals surface area contributed by atoms with E-state index in [0.29, 0.717) is 25.8 Å². The molecule has 1 atom stereocenters. The molecule has 5 nitrogen and oxygen atoms in total. The van der Waals surface area contributed by atoms with E-state index in [9.17, 15) is 14.7 Å². The Hall–Kier alpha value is -1.10. The molecule has 1 saturated heterocycles. The molecule has 90 valence electrons. The Morgan fingerprint density at radius 1 is 1.25 bits per heavy atom. The molecule has 2 rings (SSSR count). The minimum Gasteiger partial charge on any atom is -0.480 e. The van der Waals surface area contributed by atoms with Gasteiger partial charge in [-0.25, -0.2) is 0 Å². The summed E-state index contributed by atoms with van der Waals surface area (Å²) >= 11 is 0. The van der Waals surface area contributed by atoms with Gasteiger partial charge >= 0.3 is 5.97 Å². The van der Waals surface area contributed by atoms with E-state index in [1.807, 2.05) is 0 Å². The van der Waals surface area contributed by atoms with Crippen molar-refractivity contribution in [3.8, 4) is 0 Å². The zero-order valence-corrected chi connectivity index (χ0v) is 9.40. The Kier molecular flexibility index (Phi) is 2.45. The van der Waals surface area contributed by atoms with Crippen molar-refractivity contribution in [1.29, 1.82) is 0 Å². The number of hydrogen-bond donors (Lipinski definition) is 2. The van der Waals surface area contributed by atoms with Gasteiger partial charge in [-0.3, -0.25) is 9.59 Å². The number of amides is 1. The predicted molar refractivity (Wildman–Crippen MR) is 55.7 cm³/mol. The van der Waals surface area contributed by atoms with Gasteiger partial charge in [0.05, 0.1) is 5.60 Å². The van der Waals surface area contributed by atoms with E-state index in [0.717, 1.165) is 6.42 Å². The van der Waals surface area contributed by atoms with Gasteiger partial charge in [-0.05, 0) is 26.2 Å². The van der Waals surface area contributed by atoms with E-state index in [1.54, 1.807) is 6.92 Å². The number of carboxylic acid groups (broad SMARTS) is 1. The maximum Gasteiger partial charge on any atom is 0.319 e. The maximum absolute atomic E-state index is 12.1. The topological polar surface area (TPSA) is 77.8 Å². The van der Waals surface area contributed by atoms with Gasteiger partial charge in [0.1, 0.15) is 5.41 Å². The number of aliphatic carboxylic acids is 1. The summed E-state index contributed by atoms with van der Waals surface area (Å²) in [6.07, 6.45) is 2.18. The largest absolute Gasteiger partial charge is 0.480 e. The maximum atomic E-state index is 12.1. The molecule has 16 heavy (non-hydrogen) atoms. The first kappa shape index (κ1) is 11.4. The fourth-order valence-corrected chi connectivity index (χ4v) is 2.47. The monoisotopic (exact) mass is 227 g/mol. The molecule has 5 heteroatoms. The summed E-state index contributed by atoms with van der Waals surface area (Å²) in [7, 11) is 0. The highest BCUT2D eigenvalue weighted by atomic mass is 16.4. The van der Waals surface area contributed by atoms with Crippen LogP contribution in [0, 0.1) is 5.41 Å². The molecular formula is C11H17NO4. The standard InChI is InChI=1S/C11H17NO4/c1-10(16)5-6-12(7-10)8(13)11(9(14)15)3-2-4-11/h16H,2-7H2,1H3,(H,14,15). The Labute approximate surface area is 94.0 Å². The number of rotatable bonds is 2. The molecule has 0 bridgehead atoms. The summed E-state index contributed by atoms with van der Waals surface area (Å²) in [5.41, 5.74) is -2.06. The van der Waals surface area contributed by atoms with Crippen molar-refractivity contribution in [2.75, 3.05) is 13.1 Å². The number of nitrogens with zero attached hydrogens (tertiary/aromatic N) is 1. The average molecular weight is 227 g/mol. The van der Waals surface area contributed by atoms with E-state index in [-0.39, 0.29) is 12.5 Å². The third-order valence-electron chi connectivity index (χ3n) is 3.76. The first-order valence-corrected chi connectivity index (χ1v) is 5.63. The molecule has 2 aliphatic rings. The van der Waals surface area contributed by atoms with Gasteiger partial charge in [-0.1, -0.05) is 6.42 Å². The Bertz CT molecular complexity index is 333. The highest BCUT2D eigenvalue weighted by molar-refractivity contribution is 6.03. The molecule has 1 heterocycles. The van der Waals surface area contributed by atoms with E-state index < -0.39 is 17.0 Å². The summed E-state index contributed by atoms with van der Waals surface area (Å²) in [5, 5.41) is 18.9. The van der Waals surface area contributed by atoms with Crippen molar-refractivity contribution in [3.63, 3.8) is 0 Å². The summed E-state index contributed by atoms with van der Waals surface area (Å²) in [4.78, 5) is 24.8. The number of hydrogen-bond acceptors (Lipinski definition) is 3. The third-order valence-corrected chi connectivity index (χ3v) is 3.76. The molecule has 1 aliphatic heterocycles. The van der Waals surface area contributed by atoms with Crippen molar-refractivity contribution in [2.24, 2.45) is 5.41 Å². The molecule has 1 aliphatic carbocycles. The number of carboxylic acids is 1. The van der Waals surface area contributed by atoms with Crippen LogP contribution in [0.25, 0.3) is 0 Å². The second-order valence-corrected chi connectivity index (χ2v) is 5.21. The lowest BCUT2D eigenvalue weighted by Gasteiger charge is -2.38. The van der Waals surface area contributed by atoms with Crippen LogP contribution < -0.4 is 0 Å². The van der Waals surface area contributed by atoms with Crippen LogP contribution in [0.5, 0.6) is 0 Å². The van der Waals surface area contributed by atoms with E-state index in [1.165, 1.54) is 4.90 Å². The molecule has 1 saturated carbocycles. The fourth-order valence-electron chi connectivity index (χ4n) is 2.47. The molecule has 2 N–H and O–H groups in total. The Balaban J connectivity index is 2.11. The molecule has 0 radical (unpaired) electrons. The second kappa shape index (κ2) is 3.45. The van der Waals surface area contributed by atoms with Crippen LogP contribution in [0.4, 0.5) is 0 Å². The quantitative estimate of drug-likeness (QED) is 0.662. The van der Waals surface area contributed by atoms with Gasteiger partial charge in [0.15, 0.2) is 0 Å². The number of likely N-dealkylation sites (tertiary alicyclic amines) is 1. The van der Waals surface area contributed by atoms with Crippen LogP contribution in [0.15, 0.2) is 0 Å². The van der Waals surface area contributed by atoms with E-state index >= 15 is 0 Å². The van der Waals surface area contributed by atoms with Crippen LogP contribution in [-0.4, -0.2) is 45.7 Å². The van der Waals surface area contributed by atoms with E-state index in [4.69, 9.17) is 5.11 Å². The van der Waals surface area contributed by atoms with Crippen molar-refractivity contribution in [3.05, 3.63) is 0 Å². The predicted octanol–water partition coefficient (Wildman–Crippen LogP) is 0.225. The lowest BCUT2D eigenvalue weighted by molar-refractivity contribution is -0.167. The molecule has 1 amide bonds. The lowest BCUT2D eigenvalue weighted by atomic mass is 9.68. The third kappa shape index (κ3) is 1.59. The second-order valence-electron chi connectivity index (χ2n) is 5.21. The summed E-state index contributed by atoms with van der Waals surface area (Å²) in [6.45, 7) is 2.39. The zero-order chi connectivity index (χ0) is 12.0. The van der Waals surface area contributed by atoms with Gasteiger partial charge in [0.2, 0.25) is 5.91 Å². The van der Waals surface area contributed by atoms with Gasteiger partial charge in [0.25, 0.3) is 0 Å². The number of carbonyl (C=O) groups excluding carboxylic acids is 1. The first-order valence-electron chi connectivity index (χ1n) is 5.63. The molecular weight excluding hydrogens is 210 g/mol. The number of carbonyl (C=O) groups is 2. The molecule has 2 fully saturated rings. The Morgan fingerprint density at radius 2 is 1.88 bits per heavy atom. The minimum atomic E-state index is -1.19. The van der Waals surface area contributed by atoms with Gasteiger partial charge < -0.3 is 15.1 Å². The lowest BCUT2D eigenvalue weighted by Crippen LogP contribution is -2.52. The van der Waals surface area contributed by atoms with Gasteiger partial charge in [-0.15, -0.1) is 0 Å². The summed E-state index contributed by atoms with van der Waals surface area (Å²) in [5.74, 6) is -1.33. The number of aliphatic hydroxyl groups is 1. The van der Waals surface area contributed by atoms with Crippen LogP contribution in [0.2, 0.25) is 0 Å². The molecule has 0 spiro atoms. The van der Waals surface area contributed by atoms with Crippen molar-refractivity contribution >= 4 is 11.9 Å². The van der Waals surface area contributed by atoms with E-state index in [2.05, 4.69) is 0 Å². The molecule has 1 unspecified atom stereocenters. The van der Waals surface area contributed by atoms with Gasteiger partial charge in [0, 0.05) is 13.1 Å². The SMILES string of the molecule is CC1(O)CCN(C(=O)C2(C(=O)O)CCC2)C1. The zero-order valence-electron chi connectivity index (χ0n) is 9.40. The van der Waals surface area contributed by atoms with Crippen molar-refractivity contribution < 1.29 is 19.8 Å². The summed E-state index contributed by atoms with van der Waals surface area (Å²) in [6, 6.07) is 0. The van der Waals surface area contributed by atoms with Crippen molar-refractivity contribution in [2.45, 2.75) is 38.2 Å². The Morgan fingerprint density at radius 3 is 2.19 bits per heavy atom. The molecule has 0 aromatic rings.